The Morgan fingerprint density at radius 2 is 1.86 bits per heavy atom. The summed E-state index contributed by atoms with van der Waals surface area (Å²) < 4.78 is 12.4. The molecule has 4 rings (SSSR count). The number of thiophene rings is 1. The van der Waals surface area contributed by atoms with E-state index in [-0.39, 0.29) is 29.1 Å². The zero-order chi connectivity index (χ0) is 20.4. The number of nitrogens with one attached hydrogen (secondary N) is 1. The lowest BCUT2D eigenvalue weighted by Gasteiger charge is -2.12. The van der Waals surface area contributed by atoms with Gasteiger partial charge in [-0.25, -0.2) is 5.48 Å². The highest BCUT2D eigenvalue weighted by atomic mass is 35.5. The van der Waals surface area contributed by atoms with Crippen molar-refractivity contribution >= 4 is 39.8 Å². The molecule has 0 saturated heterocycles. The first kappa shape index (κ1) is 19.2. The van der Waals surface area contributed by atoms with Gasteiger partial charge in [-0.3, -0.25) is 14.8 Å². The Morgan fingerprint density at radius 1 is 1.10 bits per heavy atom. The minimum atomic E-state index is -0.667. The van der Waals surface area contributed by atoms with Crippen LogP contribution in [0.25, 0.3) is 21.6 Å². The van der Waals surface area contributed by atoms with Crippen molar-refractivity contribution in [2.75, 3.05) is 0 Å². The molecule has 6 nitrogen and oxygen atoms in total. The van der Waals surface area contributed by atoms with Crippen molar-refractivity contribution < 1.29 is 19.2 Å². The highest BCUT2D eigenvalue weighted by Crippen LogP contribution is 2.37. The molecular weight excluding hydrogens is 414 g/mol. The van der Waals surface area contributed by atoms with Gasteiger partial charge in [0.25, 0.3) is 5.91 Å². The van der Waals surface area contributed by atoms with Gasteiger partial charge in [0.2, 0.25) is 11.2 Å². The van der Waals surface area contributed by atoms with Crippen molar-refractivity contribution in [2.24, 2.45) is 0 Å². The maximum atomic E-state index is 13.1. The van der Waals surface area contributed by atoms with Crippen LogP contribution in [0.15, 0.2) is 69.9 Å². The van der Waals surface area contributed by atoms with Crippen molar-refractivity contribution in [3.63, 3.8) is 0 Å². The van der Waals surface area contributed by atoms with Crippen LogP contribution < -0.4 is 15.6 Å². The largest absolute Gasteiger partial charge is 0.481 e. The Hall–Kier alpha value is -3.13. The summed E-state index contributed by atoms with van der Waals surface area (Å²) >= 11 is 7.32. The van der Waals surface area contributed by atoms with E-state index in [2.05, 4.69) is 0 Å². The molecule has 0 aliphatic rings. The Balaban J connectivity index is 1.80. The minimum Gasteiger partial charge on any atom is -0.481 e. The molecule has 8 heteroatoms. The fourth-order valence-electron chi connectivity index (χ4n) is 2.93. The number of benzene rings is 2. The van der Waals surface area contributed by atoms with E-state index in [0.29, 0.717) is 25.7 Å². The molecule has 0 aliphatic heterocycles. The predicted octanol–water partition coefficient (Wildman–Crippen LogP) is 4.87. The van der Waals surface area contributed by atoms with E-state index in [1.165, 1.54) is 11.3 Å². The molecule has 2 heterocycles. The lowest BCUT2D eigenvalue weighted by molar-refractivity contribution is 0.0703. The molecule has 4 aromatic rings. The first-order valence-electron chi connectivity index (χ1n) is 8.55. The van der Waals surface area contributed by atoms with Crippen molar-refractivity contribution in [3.05, 3.63) is 86.4 Å². The number of para-hydroxylation sites is 1. The molecule has 2 aromatic heterocycles. The Morgan fingerprint density at radius 3 is 2.62 bits per heavy atom. The van der Waals surface area contributed by atoms with Crippen LogP contribution in [0, 0.1) is 0 Å². The zero-order valence-electron chi connectivity index (χ0n) is 14.8. The first-order valence-corrected chi connectivity index (χ1v) is 9.74. The van der Waals surface area contributed by atoms with Gasteiger partial charge < -0.3 is 9.15 Å². The number of hydrogen-bond acceptors (Lipinski definition) is 6. The number of halogens is 1. The molecule has 0 atom stereocenters. The molecule has 0 radical (unpaired) electrons. The van der Waals surface area contributed by atoms with Crippen LogP contribution in [0.4, 0.5) is 0 Å². The number of rotatable bonds is 5. The fourth-order valence-corrected chi connectivity index (χ4v) is 3.95. The molecule has 0 unspecified atom stereocenters. The molecular formula is C21H14ClNO5S. The summed E-state index contributed by atoms with van der Waals surface area (Å²) in [5, 5.41) is 9.32. The molecule has 1 amide bonds. The Labute approximate surface area is 173 Å². The van der Waals surface area contributed by atoms with Gasteiger partial charge in [0.05, 0.1) is 14.6 Å². The monoisotopic (exact) mass is 427 g/mol. The summed E-state index contributed by atoms with van der Waals surface area (Å²) in [6, 6.07) is 17.0. The minimum absolute atomic E-state index is 0.0291. The summed E-state index contributed by atoms with van der Waals surface area (Å²) in [6.07, 6.45) is 0. The normalized spacial score (nSPS) is 10.8. The molecule has 2 aromatic carbocycles. The summed E-state index contributed by atoms with van der Waals surface area (Å²) in [4.78, 5) is 25.6. The number of fused-ring (bicyclic) bond motifs is 1. The summed E-state index contributed by atoms with van der Waals surface area (Å²) in [5.41, 5.74) is 2.46. The van der Waals surface area contributed by atoms with Crippen molar-refractivity contribution in [1.82, 2.24) is 5.48 Å². The van der Waals surface area contributed by atoms with Gasteiger partial charge in [-0.2, -0.15) is 0 Å². The zero-order valence-corrected chi connectivity index (χ0v) is 16.4. The van der Waals surface area contributed by atoms with Crippen LogP contribution in [-0.2, 0) is 6.61 Å². The van der Waals surface area contributed by atoms with Gasteiger partial charge in [0, 0.05) is 11.1 Å². The summed E-state index contributed by atoms with van der Waals surface area (Å²) in [6.45, 7) is -0.0706. The second-order valence-corrected chi connectivity index (χ2v) is 7.79. The van der Waals surface area contributed by atoms with Gasteiger partial charge in [-0.1, -0.05) is 41.9 Å². The lowest BCUT2D eigenvalue weighted by atomic mass is 10.1. The maximum Gasteiger partial charge on any atom is 0.275 e. The van der Waals surface area contributed by atoms with Crippen molar-refractivity contribution in [1.29, 1.82) is 0 Å². The van der Waals surface area contributed by atoms with Crippen LogP contribution in [0.5, 0.6) is 5.75 Å². The second-order valence-electron chi connectivity index (χ2n) is 6.08. The quantitative estimate of drug-likeness (QED) is 0.350. The van der Waals surface area contributed by atoms with Gasteiger partial charge in [0.1, 0.15) is 12.2 Å². The second kappa shape index (κ2) is 8.08. The van der Waals surface area contributed by atoms with Crippen LogP contribution in [0.2, 0.25) is 4.34 Å². The smallest absolute Gasteiger partial charge is 0.275 e. The van der Waals surface area contributed by atoms with Crippen molar-refractivity contribution in [3.8, 4) is 16.4 Å². The number of hydroxylamine groups is 1. The van der Waals surface area contributed by atoms with Crippen LogP contribution >= 0.6 is 22.9 Å². The molecule has 29 heavy (non-hydrogen) atoms. The number of carbonyl (C=O) groups is 1. The SMILES string of the molecule is O=C(NO)c1ccccc1COc1c(-c2ccc(Cl)s2)oc2ccccc2c1=O. The Bertz CT molecular complexity index is 1260. The topological polar surface area (TPSA) is 88.8 Å². The average Bonchev–Trinajstić information content (AvgIpc) is 3.19. The van der Waals surface area contributed by atoms with E-state index < -0.39 is 5.91 Å². The summed E-state index contributed by atoms with van der Waals surface area (Å²) in [5.74, 6) is -0.365. The van der Waals surface area contributed by atoms with Crippen LogP contribution in [-0.4, -0.2) is 11.1 Å². The number of amides is 1. The van der Waals surface area contributed by atoms with Crippen LogP contribution in [0.1, 0.15) is 15.9 Å². The molecule has 0 bridgehead atoms. The van der Waals surface area contributed by atoms with Gasteiger partial charge in [-0.15, -0.1) is 11.3 Å². The van der Waals surface area contributed by atoms with Crippen LogP contribution in [0.3, 0.4) is 0 Å². The van der Waals surface area contributed by atoms with E-state index >= 15 is 0 Å². The van der Waals surface area contributed by atoms with Gasteiger partial charge in [0.15, 0.2) is 5.76 Å². The standard InChI is InChI=1S/C21H14ClNO5S/c22-17-10-9-16(29-17)19-20(18(24)14-7-3-4-8-15(14)28-19)27-11-12-5-1-2-6-13(12)21(25)23-26/h1-10,26H,11H2,(H,23,25). The highest BCUT2D eigenvalue weighted by Gasteiger charge is 2.20. The van der Waals surface area contributed by atoms with E-state index in [9.17, 15) is 9.59 Å². The summed E-state index contributed by atoms with van der Waals surface area (Å²) in [7, 11) is 0. The van der Waals surface area contributed by atoms with E-state index in [1.54, 1.807) is 66.1 Å². The third-order valence-corrected chi connectivity index (χ3v) is 5.52. The molecule has 2 N–H and O–H groups in total. The number of ether oxygens (including phenoxy) is 1. The molecule has 0 saturated carbocycles. The number of carbonyl (C=O) groups excluding carboxylic acids is 1. The first-order chi connectivity index (χ1) is 14.1. The maximum absolute atomic E-state index is 13.1. The molecule has 0 fully saturated rings. The van der Waals surface area contributed by atoms with E-state index in [1.807, 2.05) is 0 Å². The molecule has 0 aliphatic carbocycles. The van der Waals surface area contributed by atoms with E-state index in [0.717, 1.165) is 0 Å². The molecule has 146 valence electrons. The fraction of sp³-hybridized carbons (Fsp3) is 0.0476. The highest BCUT2D eigenvalue weighted by molar-refractivity contribution is 7.19. The lowest BCUT2D eigenvalue weighted by Crippen LogP contribution is -2.21. The Kier molecular flexibility index (Phi) is 5.35. The predicted molar refractivity (Wildman–Crippen MR) is 111 cm³/mol. The average molecular weight is 428 g/mol. The van der Waals surface area contributed by atoms with Gasteiger partial charge in [-0.05, 0) is 30.3 Å². The van der Waals surface area contributed by atoms with E-state index in [4.69, 9.17) is 26.0 Å². The third-order valence-electron chi connectivity index (χ3n) is 4.29. The van der Waals surface area contributed by atoms with Crippen molar-refractivity contribution in [2.45, 2.75) is 6.61 Å². The van der Waals surface area contributed by atoms with Gasteiger partial charge >= 0.3 is 0 Å². The number of hydrogen-bond donors (Lipinski definition) is 2. The molecule has 0 spiro atoms. The third kappa shape index (κ3) is 3.75.